The van der Waals surface area contributed by atoms with Crippen molar-refractivity contribution in [1.29, 1.82) is 0 Å². The third-order valence-corrected chi connectivity index (χ3v) is 4.71. The lowest BCUT2D eigenvalue weighted by molar-refractivity contribution is 0.527. The van der Waals surface area contributed by atoms with Crippen LogP contribution in [0.2, 0.25) is 5.02 Å². The van der Waals surface area contributed by atoms with E-state index in [1.165, 1.54) is 23.5 Å². The number of hydrogen-bond acceptors (Lipinski definition) is 3. The van der Waals surface area contributed by atoms with Crippen LogP contribution in [0.5, 0.6) is 0 Å². The summed E-state index contributed by atoms with van der Waals surface area (Å²) in [5, 5.41) is 2.55. The number of hydrogen-bond donors (Lipinski definition) is 2. The second-order valence-electron chi connectivity index (χ2n) is 4.26. The second-order valence-corrected chi connectivity index (χ2v) is 5.55. The van der Waals surface area contributed by atoms with Gasteiger partial charge in [-0.2, -0.15) is 0 Å². The van der Waals surface area contributed by atoms with E-state index in [2.05, 4.69) is 5.43 Å². The highest BCUT2D eigenvalue weighted by Crippen LogP contribution is 2.34. The first kappa shape index (κ1) is 14.4. The van der Waals surface area contributed by atoms with Gasteiger partial charge >= 0.3 is 0 Å². The van der Waals surface area contributed by atoms with E-state index in [1.807, 2.05) is 12.3 Å². The smallest absolute Gasteiger partial charge is 0.129 e. The molecule has 6 heteroatoms. The van der Waals surface area contributed by atoms with Crippen molar-refractivity contribution in [3.63, 3.8) is 0 Å². The summed E-state index contributed by atoms with van der Waals surface area (Å²) in [6.45, 7) is 1.90. The number of thiophene rings is 1. The molecule has 1 aromatic heterocycles. The zero-order chi connectivity index (χ0) is 14.0. The Morgan fingerprint density at radius 2 is 2.16 bits per heavy atom. The van der Waals surface area contributed by atoms with Crippen LogP contribution in [0.1, 0.15) is 22.0 Å². The minimum atomic E-state index is -0.594. The average molecular weight is 303 g/mol. The molecule has 0 spiro atoms. The number of benzene rings is 1. The summed E-state index contributed by atoms with van der Waals surface area (Å²) in [4.78, 5) is 0.852. The van der Waals surface area contributed by atoms with Crippen LogP contribution in [0.3, 0.4) is 0 Å². The van der Waals surface area contributed by atoms with Crippen LogP contribution in [-0.4, -0.2) is 0 Å². The molecule has 19 heavy (non-hydrogen) atoms. The highest BCUT2D eigenvalue weighted by atomic mass is 35.5. The third-order valence-electron chi connectivity index (χ3n) is 2.88. The van der Waals surface area contributed by atoms with Gasteiger partial charge in [0, 0.05) is 10.9 Å². The molecule has 2 aromatic rings. The van der Waals surface area contributed by atoms with E-state index < -0.39 is 11.6 Å². The van der Waals surface area contributed by atoms with Gasteiger partial charge in [0.05, 0.1) is 11.1 Å². The van der Waals surface area contributed by atoms with Crippen molar-refractivity contribution in [1.82, 2.24) is 5.43 Å². The Labute approximate surface area is 119 Å². The summed E-state index contributed by atoms with van der Waals surface area (Å²) in [7, 11) is 0. The fourth-order valence-corrected chi connectivity index (χ4v) is 3.21. The molecule has 0 amide bonds. The van der Waals surface area contributed by atoms with Gasteiger partial charge in [0.15, 0.2) is 0 Å². The van der Waals surface area contributed by atoms with Crippen LogP contribution < -0.4 is 11.3 Å². The SMILES string of the molecule is Cc1csc(C(Cc2ccc(F)cc2F)NN)c1Cl. The monoisotopic (exact) mass is 302 g/mol. The molecule has 0 radical (unpaired) electrons. The predicted octanol–water partition coefficient (Wildman–Crippen LogP) is 3.74. The molecular weight excluding hydrogens is 290 g/mol. The number of rotatable bonds is 4. The fraction of sp³-hybridized carbons (Fsp3) is 0.231. The molecule has 1 unspecified atom stereocenters. The van der Waals surface area contributed by atoms with Crippen molar-refractivity contribution in [2.75, 3.05) is 0 Å². The van der Waals surface area contributed by atoms with Gasteiger partial charge in [-0.05, 0) is 35.9 Å². The Bertz CT molecular complexity index is 586. The molecule has 0 aliphatic carbocycles. The summed E-state index contributed by atoms with van der Waals surface area (Å²) in [5.41, 5.74) is 3.98. The molecule has 0 bridgehead atoms. The van der Waals surface area contributed by atoms with E-state index in [0.717, 1.165) is 16.5 Å². The Kier molecular flexibility index (Phi) is 4.52. The molecule has 3 N–H and O–H groups in total. The number of nitrogens with one attached hydrogen (secondary N) is 1. The van der Waals surface area contributed by atoms with Crippen molar-refractivity contribution < 1.29 is 8.78 Å². The topological polar surface area (TPSA) is 38.0 Å². The molecule has 0 aliphatic rings. The minimum absolute atomic E-state index is 0.300. The summed E-state index contributed by atoms with van der Waals surface area (Å²) >= 11 is 7.64. The maximum absolute atomic E-state index is 13.6. The number of halogens is 3. The van der Waals surface area contributed by atoms with Gasteiger partial charge in [0.2, 0.25) is 0 Å². The first-order valence-corrected chi connectivity index (χ1v) is 6.92. The highest BCUT2D eigenvalue weighted by molar-refractivity contribution is 7.10. The largest absolute Gasteiger partial charge is 0.271 e. The quantitative estimate of drug-likeness (QED) is 0.667. The fourth-order valence-electron chi connectivity index (χ4n) is 1.82. The minimum Gasteiger partial charge on any atom is -0.271 e. The molecule has 1 aromatic carbocycles. The first-order valence-electron chi connectivity index (χ1n) is 5.66. The lowest BCUT2D eigenvalue weighted by Crippen LogP contribution is -2.29. The molecule has 0 saturated carbocycles. The third kappa shape index (κ3) is 3.12. The molecule has 0 aliphatic heterocycles. The molecule has 0 fully saturated rings. The van der Waals surface area contributed by atoms with Crippen molar-refractivity contribution in [2.45, 2.75) is 19.4 Å². The Morgan fingerprint density at radius 1 is 1.42 bits per heavy atom. The molecule has 102 valence electrons. The van der Waals surface area contributed by atoms with E-state index >= 15 is 0 Å². The van der Waals surface area contributed by atoms with Crippen LogP contribution in [0.4, 0.5) is 8.78 Å². The van der Waals surface area contributed by atoms with Crippen molar-refractivity contribution in [3.05, 3.63) is 56.2 Å². The van der Waals surface area contributed by atoms with Gasteiger partial charge in [-0.1, -0.05) is 17.7 Å². The number of hydrazine groups is 1. The van der Waals surface area contributed by atoms with E-state index in [1.54, 1.807) is 0 Å². The van der Waals surface area contributed by atoms with Gasteiger partial charge in [-0.25, -0.2) is 8.78 Å². The van der Waals surface area contributed by atoms with E-state index in [0.29, 0.717) is 17.0 Å². The first-order chi connectivity index (χ1) is 9.02. The maximum atomic E-state index is 13.6. The molecule has 1 heterocycles. The Morgan fingerprint density at radius 3 is 2.68 bits per heavy atom. The summed E-state index contributed by atoms with van der Waals surface area (Å²) in [5.74, 6) is 4.34. The normalized spacial score (nSPS) is 12.7. The second kappa shape index (κ2) is 5.96. The van der Waals surface area contributed by atoms with Crippen molar-refractivity contribution in [2.24, 2.45) is 5.84 Å². The molecular formula is C13H13ClF2N2S. The van der Waals surface area contributed by atoms with Crippen molar-refractivity contribution >= 4 is 22.9 Å². The zero-order valence-electron chi connectivity index (χ0n) is 10.2. The van der Waals surface area contributed by atoms with E-state index in [9.17, 15) is 8.78 Å². The van der Waals surface area contributed by atoms with Gasteiger partial charge in [0.25, 0.3) is 0 Å². The van der Waals surface area contributed by atoms with Crippen LogP contribution >= 0.6 is 22.9 Å². The Hall–Kier alpha value is -1.01. The predicted molar refractivity (Wildman–Crippen MR) is 74.2 cm³/mol. The van der Waals surface area contributed by atoms with Gasteiger partial charge < -0.3 is 0 Å². The van der Waals surface area contributed by atoms with Crippen molar-refractivity contribution in [3.8, 4) is 0 Å². The number of nitrogens with two attached hydrogens (primary N) is 1. The Balaban J connectivity index is 2.26. The summed E-state index contributed by atoms with van der Waals surface area (Å²) in [6.07, 6.45) is 0.308. The molecule has 1 atom stereocenters. The maximum Gasteiger partial charge on any atom is 0.129 e. The average Bonchev–Trinajstić information content (AvgIpc) is 2.70. The van der Waals surface area contributed by atoms with E-state index in [-0.39, 0.29) is 6.04 Å². The summed E-state index contributed by atoms with van der Waals surface area (Å²) in [6, 6.07) is 3.21. The van der Waals surface area contributed by atoms with Crippen LogP contribution in [0.25, 0.3) is 0 Å². The van der Waals surface area contributed by atoms with Gasteiger partial charge in [-0.15, -0.1) is 11.3 Å². The zero-order valence-corrected chi connectivity index (χ0v) is 11.8. The van der Waals surface area contributed by atoms with Crippen LogP contribution in [0, 0.1) is 18.6 Å². The number of aryl methyl sites for hydroxylation is 1. The molecule has 2 rings (SSSR count). The van der Waals surface area contributed by atoms with Crippen LogP contribution in [0.15, 0.2) is 23.6 Å². The highest BCUT2D eigenvalue weighted by Gasteiger charge is 2.19. The van der Waals surface area contributed by atoms with E-state index in [4.69, 9.17) is 17.4 Å². The standard InChI is InChI=1S/C13H13ClF2N2S/c1-7-6-19-13(12(7)14)11(18-17)4-8-2-3-9(15)5-10(8)16/h2-3,5-6,11,18H,4,17H2,1H3. The van der Waals surface area contributed by atoms with Gasteiger partial charge in [0.1, 0.15) is 11.6 Å². The van der Waals surface area contributed by atoms with Gasteiger partial charge in [-0.3, -0.25) is 11.3 Å². The molecule has 2 nitrogen and oxygen atoms in total. The summed E-state index contributed by atoms with van der Waals surface area (Å²) < 4.78 is 26.5. The van der Waals surface area contributed by atoms with Crippen LogP contribution in [-0.2, 0) is 6.42 Å². The lowest BCUT2D eigenvalue weighted by atomic mass is 10.0. The lowest BCUT2D eigenvalue weighted by Gasteiger charge is -2.15. The molecule has 0 saturated heterocycles.